The van der Waals surface area contributed by atoms with Crippen molar-refractivity contribution in [3.63, 3.8) is 0 Å². The predicted octanol–water partition coefficient (Wildman–Crippen LogP) is 6.13. The molecular formula is C27H24ClNO5S. The zero-order valence-corrected chi connectivity index (χ0v) is 21.3. The summed E-state index contributed by atoms with van der Waals surface area (Å²) in [6, 6.07) is 17.1. The molecule has 35 heavy (non-hydrogen) atoms. The minimum Gasteiger partial charge on any atom is -0.493 e. The average Bonchev–Trinajstić information content (AvgIpc) is 3.16. The summed E-state index contributed by atoms with van der Waals surface area (Å²) in [4.78, 5) is 12.0. The lowest BCUT2D eigenvalue weighted by atomic mass is 10.0. The van der Waals surface area contributed by atoms with Gasteiger partial charge in [0.25, 0.3) is 10.0 Å². The SMILES string of the molecule is COc1cc2c(-c3ccc(Cl)cc3)c(/C=C/C(C)=O)n(S(=O)(=O)c3ccc(C)cc3)c2cc1OC. The van der Waals surface area contributed by atoms with Gasteiger partial charge in [0.1, 0.15) is 0 Å². The van der Waals surface area contributed by atoms with Crippen molar-refractivity contribution in [2.75, 3.05) is 14.2 Å². The Kier molecular flexibility index (Phi) is 6.74. The molecule has 0 aliphatic carbocycles. The molecule has 3 aromatic carbocycles. The molecule has 0 aliphatic rings. The van der Waals surface area contributed by atoms with E-state index in [4.69, 9.17) is 21.1 Å². The highest BCUT2D eigenvalue weighted by Gasteiger charge is 2.28. The van der Waals surface area contributed by atoms with Gasteiger partial charge in [-0.15, -0.1) is 0 Å². The Labute approximate surface area is 209 Å². The van der Waals surface area contributed by atoms with Crippen LogP contribution in [0.4, 0.5) is 0 Å². The molecular weight excluding hydrogens is 486 g/mol. The van der Waals surface area contributed by atoms with E-state index in [2.05, 4.69) is 0 Å². The van der Waals surface area contributed by atoms with Crippen LogP contribution >= 0.6 is 11.6 Å². The summed E-state index contributed by atoms with van der Waals surface area (Å²) < 4.78 is 40.3. The maximum Gasteiger partial charge on any atom is 0.268 e. The number of hydrogen-bond donors (Lipinski definition) is 0. The standard InChI is InChI=1S/C27H24ClNO5S/c1-17-5-12-21(13-6-17)35(31,32)29-23(14-7-18(2)30)27(19-8-10-20(28)11-9-19)22-15-25(33-3)26(34-4)16-24(22)29/h5-16H,1-4H3/b14-7+. The fourth-order valence-corrected chi connectivity index (χ4v) is 5.59. The lowest BCUT2D eigenvalue weighted by Gasteiger charge is -2.12. The lowest BCUT2D eigenvalue weighted by Crippen LogP contribution is -2.14. The Morgan fingerprint density at radius 3 is 2.11 bits per heavy atom. The summed E-state index contributed by atoms with van der Waals surface area (Å²) in [5.74, 6) is 0.608. The maximum absolute atomic E-state index is 14.0. The van der Waals surface area contributed by atoms with Crippen molar-refractivity contribution in [3.8, 4) is 22.6 Å². The van der Waals surface area contributed by atoms with Crippen molar-refractivity contribution < 1.29 is 22.7 Å². The zero-order chi connectivity index (χ0) is 25.3. The van der Waals surface area contributed by atoms with Gasteiger partial charge in [0.15, 0.2) is 17.3 Å². The van der Waals surface area contributed by atoms with Crippen LogP contribution in [0.1, 0.15) is 18.2 Å². The number of carbonyl (C=O) groups excluding carboxylic acids is 1. The van der Waals surface area contributed by atoms with E-state index in [0.717, 1.165) is 11.1 Å². The fraction of sp³-hybridized carbons (Fsp3) is 0.148. The first-order valence-corrected chi connectivity index (χ1v) is 12.6. The van der Waals surface area contributed by atoms with Crippen LogP contribution in [0.5, 0.6) is 11.5 Å². The number of nitrogens with zero attached hydrogens (tertiary/aromatic N) is 1. The number of halogens is 1. The van der Waals surface area contributed by atoms with Gasteiger partial charge in [-0.05, 0) is 61.9 Å². The first-order valence-electron chi connectivity index (χ1n) is 10.7. The zero-order valence-electron chi connectivity index (χ0n) is 19.7. The number of ketones is 1. The van der Waals surface area contributed by atoms with E-state index in [1.54, 1.807) is 48.5 Å². The van der Waals surface area contributed by atoms with Crippen LogP contribution in [0.2, 0.25) is 5.02 Å². The third-order valence-corrected chi connectivity index (χ3v) is 7.63. The summed E-state index contributed by atoms with van der Waals surface area (Å²) in [5.41, 5.74) is 2.99. The average molecular weight is 510 g/mol. The number of carbonyl (C=O) groups is 1. The van der Waals surface area contributed by atoms with Crippen molar-refractivity contribution in [2.24, 2.45) is 0 Å². The second-order valence-electron chi connectivity index (χ2n) is 8.02. The largest absolute Gasteiger partial charge is 0.493 e. The highest BCUT2D eigenvalue weighted by molar-refractivity contribution is 7.90. The van der Waals surface area contributed by atoms with E-state index >= 15 is 0 Å². The van der Waals surface area contributed by atoms with Gasteiger partial charge in [0.2, 0.25) is 0 Å². The number of rotatable bonds is 7. The van der Waals surface area contributed by atoms with Gasteiger partial charge < -0.3 is 9.47 Å². The molecule has 0 saturated heterocycles. The van der Waals surface area contributed by atoms with Crippen molar-refractivity contribution in [3.05, 3.63) is 83.0 Å². The van der Waals surface area contributed by atoms with Crippen molar-refractivity contribution >= 4 is 44.4 Å². The highest BCUT2D eigenvalue weighted by Crippen LogP contribution is 2.43. The molecule has 8 heteroatoms. The smallest absolute Gasteiger partial charge is 0.268 e. The summed E-state index contributed by atoms with van der Waals surface area (Å²) in [7, 11) is -1.06. The number of methoxy groups -OCH3 is 2. The number of aromatic nitrogens is 1. The highest BCUT2D eigenvalue weighted by atomic mass is 35.5. The Morgan fingerprint density at radius 2 is 1.54 bits per heavy atom. The van der Waals surface area contributed by atoms with Crippen molar-refractivity contribution in [2.45, 2.75) is 18.7 Å². The summed E-state index contributed by atoms with van der Waals surface area (Å²) in [5, 5.41) is 1.16. The van der Waals surface area contributed by atoms with E-state index in [1.165, 1.54) is 37.3 Å². The topological polar surface area (TPSA) is 74.6 Å². The predicted molar refractivity (Wildman–Crippen MR) is 139 cm³/mol. The Bertz CT molecular complexity index is 1550. The molecule has 180 valence electrons. The Balaban J connectivity index is 2.20. The molecule has 4 aromatic rings. The molecule has 4 rings (SSSR count). The van der Waals surface area contributed by atoms with Gasteiger partial charge in [-0.1, -0.05) is 41.4 Å². The summed E-state index contributed by atoms with van der Waals surface area (Å²) in [6.45, 7) is 3.30. The van der Waals surface area contributed by atoms with E-state index in [0.29, 0.717) is 38.7 Å². The molecule has 0 atom stereocenters. The molecule has 1 aromatic heterocycles. The van der Waals surface area contributed by atoms with Gasteiger partial charge in [0.05, 0.1) is 30.3 Å². The van der Waals surface area contributed by atoms with Gasteiger partial charge in [0, 0.05) is 22.0 Å². The summed E-state index contributed by atoms with van der Waals surface area (Å²) in [6.07, 6.45) is 2.88. The minimum absolute atomic E-state index is 0.120. The van der Waals surface area contributed by atoms with Crippen LogP contribution in [0.15, 0.2) is 71.6 Å². The van der Waals surface area contributed by atoms with Gasteiger partial charge in [-0.3, -0.25) is 4.79 Å². The van der Waals surface area contributed by atoms with Crippen molar-refractivity contribution in [1.29, 1.82) is 0 Å². The second-order valence-corrected chi connectivity index (χ2v) is 10.2. The van der Waals surface area contributed by atoms with Crippen LogP contribution in [-0.2, 0) is 14.8 Å². The number of allylic oxidation sites excluding steroid dienone is 1. The van der Waals surface area contributed by atoms with Crippen LogP contribution in [-0.4, -0.2) is 32.4 Å². The van der Waals surface area contributed by atoms with Crippen LogP contribution in [0, 0.1) is 6.92 Å². The number of aryl methyl sites for hydroxylation is 1. The molecule has 1 heterocycles. The third kappa shape index (κ3) is 4.57. The molecule has 0 saturated carbocycles. The number of ether oxygens (including phenoxy) is 2. The first kappa shape index (κ1) is 24.6. The van der Waals surface area contributed by atoms with E-state index < -0.39 is 10.0 Å². The summed E-state index contributed by atoms with van der Waals surface area (Å²) >= 11 is 6.12. The third-order valence-electron chi connectivity index (χ3n) is 5.63. The Hall–Kier alpha value is -3.55. The molecule has 0 spiro atoms. The van der Waals surface area contributed by atoms with Gasteiger partial charge in [-0.2, -0.15) is 0 Å². The Morgan fingerprint density at radius 1 is 0.943 bits per heavy atom. The molecule has 6 nitrogen and oxygen atoms in total. The van der Waals surface area contributed by atoms with Gasteiger partial charge in [-0.25, -0.2) is 12.4 Å². The number of hydrogen-bond acceptors (Lipinski definition) is 5. The van der Waals surface area contributed by atoms with Crippen molar-refractivity contribution in [1.82, 2.24) is 3.97 Å². The fourth-order valence-electron chi connectivity index (χ4n) is 3.95. The van der Waals surface area contributed by atoms with Crippen LogP contribution in [0.25, 0.3) is 28.1 Å². The van der Waals surface area contributed by atoms with E-state index in [-0.39, 0.29) is 10.7 Å². The molecule has 0 fully saturated rings. The normalized spacial score (nSPS) is 11.8. The van der Waals surface area contributed by atoms with E-state index in [1.807, 2.05) is 19.1 Å². The first-order chi connectivity index (χ1) is 16.7. The molecule has 0 radical (unpaired) electrons. The monoisotopic (exact) mass is 509 g/mol. The molecule has 0 N–H and O–H groups in total. The van der Waals surface area contributed by atoms with Gasteiger partial charge >= 0.3 is 0 Å². The number of benzene rings is 3. The molecule has 0 unspecified atom stereocenters. The molecule has 0 amide bonds. The lowest BCUT2D eigenvalue weighted by molar-refractivity contribution is -0.112. The van der Waals surface area contributed by atoms with E-state index in [9.17, 15) is 13.2 Å². The van der Waals surface area contributed by atoms with Crippen LogP contribution < -0.4 is 9.47 Å². The molecule has 0 bridgehead atoms. The molecule has 0 aliphatic heterocycles. The second kappa shape index (κ2) is 9.60. The number of fused-ring (bicyclic) bond motifs is 1. The quantitative estimate of drug-likeness (QED) is 0.280. The van der Waals surface area contributed by atoms with Crippen LogP contribution in [0.3, 0.4) is 0 Å². The maximum atomic E-state index is 14.0. The minimum atomic E-state index is -4.07.